The van der Waals surface area contributed by atoms with Gasteiger partial charge in [-0.05, 0) is 13.3 Å². The summed E-state index contributed by atoms with van der Waals surface area (Å²) < 4.78 is -0.124. The predicted molar refractivity (Wildman–Crippen MR) is 55.6 cm³/mol. The molecule has 3 heteroatoms. The van der Waals surface area contributed by atoms with Crippen LogP contribution in [0.5, 0.6) is 0 Å². The van der Waals surface area contributed by atoms with Crippen LogP contribution in [-0.2, 0) is 0 Å². The monoisotopic (exact) mass is 187 g/mol. The van der Waals surface area contributed by atoms with E-state index in [9.17, 15) is 4.79 Å². The SMILES string of the molecule is C=CC(C)(CC)SC(=O)N(C)C. The Balaban J connectivity index is 4.21. The van der Waals surface area contributed by atoms with E-state index >= 15 is 0 Å². The van der Waals surface area contributed by atoms with Crippen LogP contribution in [0.25, 0.3) is 0 Å². The summed E-state index contributed by atoms with van der Waals surface area (Å²) in [5.74, 6) is 0. The average Bonchev–Trinajstić information content (AvgIpc) is 2.04. The Bertz CT molecular complexity index is 179. The molecule has 0 saturated heterocycles. The van der Waals surface area contributed by atoms with Gasteiger partial charge in [-0.15, -0.1) is 6.58 Å². The third-order valence-electron chi connectivity index (χ3n) is 1.82. The molecule has 1 unspecified atom stereocenters. The summed E-state index contributed by atoms with van der Waals surface area (Å²) in [5.41, 5.74) is 0. The molecular formula is C9H17NOS. The first-order chi connectivity index (χ1) is 5.45. The summed E-state index contributed by atoms with van der Waals surface area (Å²) in [7, 11) is 3.52. The minimum atomic E-state index is -0.124. The molecule has 0 aromatic heterocycles. The molecule has 0 aliphatic rings. The standard InChI is InChI=1S/C9H17NOS/c1-6-9(3,7-2)12-8(11)10(4)5/h6H,1,7H2,2-5H3. The maximum absolute atomic E-state index is 11.3. The molecule has 1 atom stereocenters. The molecule has 0 aromatic rings. The van der Waals surface area contributed by atoms with Crippen LogP contribution in [0.1, 0.15) is 20.3 Å². The molecule has 0 aliphatic heterocycles. The zero-order chi connectivity index (χ0) is 9.78. The molecule has 0 bridgehead atoms. The zero-order valence-electron chi connectivity index (χ0n) is 8.26. The second-order valence-corrected chi connectivity index (χ2v) is 4.62. The van der Waals surface area contributed by atoms with Crippen molar-refractivity contribution in [2.24, 2.45) is 0 Å². The summed E-state index contributed by atoms with van der Waals surface area (Å²) >= 11 is 1.32. The van der Waals surface area contributed by atoms with Gasteiger partial charge in [-0.1, -0.05) is 24.8 Å². The van der Waals surface area contributed by atoms with E-state index in [2.05, 4.69) is 13.5 Å². The van der Waals surface area contributed by atoms with Crippen LogP contribution in [0.3, 0.4) is 0 Å². The molecule has 2 nitrogen and oxygen atoms in total. The van der Waals surface area contributed by atoms with E-state index in [1.54, 1.807) is 19.0 Å². The van der Waals surface area contributed by atoms with Crippen molar-refractivity contribution in [1.29, 1.82) is 0 Å². The minimum absolute atomic E-state index is 0.0826. The van der Waals surface area contributed by atoms with Crippen molar-refractivity contribution >= 4 is 17.0 Å². The molecular weight excluding hydrogens is 170 g/mol. The van der Waals surface area contributed by atoms with Gasteiger partial charge in [0.25, 0.3) is 5.24 Å². The molecule has 0 aromatic carbocycles. The first-order valence-corrected chi connectivity index (χ1v) is 4.80. The van der Waals surface area contributed by atoms with E-state index < -0.39 is 0 Å². The fourth-order valence-electron chi connectivity index (χ4n) is 0.549. The van der Waals surface area contributed by atoms with Crippen molar-refractivity contribution in [2.45, 2.75) is 25.0 Å². The topological polar surface area (TPSA) is 20.3 Å². The number of amides is 1. The molecule has 0 N–H and O–H groups in total. The van der Waals surface area contributed by atoms with E-state index in [1.165, 1.54) is 11.8 Å². The molecule has 70 valence electrons. The fraction of sp³-hybridized carbons (Fsp3) is 0.667. The van der Waals surface area contributed by atoms with Crippen LogP contribution in [0.15, 0.2) is 12.7 Å². The first kappa shape index (κ1) is 11.6. The second-order valence-electron chi connectivity index (χ2n) is 3.13. The Morgan fingerprint density at radius 3 is 2.42 bits per heavy atom. The Labute approximate surface area is 79.0 Å². The molecule has 0 heterocycles. The summed E-state index contributed by atoms with van der Waals surface area (Å²) in [6.07, 6.45) is 2.75. The van der Waals surface area contributed by atoms with Crippen LogP contribution < -0.4 is 0 Å². The van der Waals surface area contributed by atoms with E-state index in [1.807, 2.05) is 13.0 Å². The average molecular weight is 187 g/mol. The van der Waals surface area contributed by atoms with Gasteiger partial charge in [0.15, 0.2) is 0 Å². The lowest BCUT2D eigenvalue weighted by Gasteiger charge is -2.23. The third-order valence-corrected chi connectivity index (χ3v) is 3.28. The van der Waals surface area contributed by atoms with E-state index in [-0.39, 0.29) is 9.99 Å². The number of hydrogen-bond donors (Lipinski definition) is 0. The lowest BCUT2D eigenvalue weighted by Crippen LogP contribution is -2.24. The number of thioether (sulfide) groups is 1. The van der Waals surface area contributed by atoms with Gasteiger partial charge in [-0.25, -0.2) is 0 Å². The Morgan fingerprint density at radius 1 is 1.67 bits per heavy atom. The lowest BCUT2D eigenvalue weighted by molar-refractivity contribution is 0.241. The summed E-state index contributed by atoms with van der Waals surface area (Å²) in [6.45, 7) is 7.80. The van der Waals surface area contributed by atoms with Crippen LogP contribution in [-0.4, -0.2) is 29.0 Å². The molecule has 0 spiro atoms. The van der Waals surface area contributed by atoms with Crippen molar-refractivity contribution < 1.29 is 4.79 Å². The summed E-state index contributed by atoms with van der Waals surface area (Å²) in [6, 6.07) is 0. The van der Waals surface area contributed by atoms with E-state index in [4.69, 9.17) is 0 Å². The molecule has 0 radical (unpaired) electrons. The van der Waals surface area contributed by atoms with Gasteiger partial charge in [0.1, 0.15) is 0 Å². The van der Waals surface area contributed by atoms with Crippen LogP contribution in [0, 0.1) is 0 Å². The lowest BCUT2D eigenvalue weighted by atomic mass is 10.1. The van der Waals surface area contributed by atoms with Gasteiger partial charge in [-0.3, -0.25) is 4.79 Å². The highest BCUT2D eigenvalue weighted by atomic mass is 32.2. The predicted octanol–water partition coefficient (Wildman–Crippen LogP) is 2.76. The van der Waals surface area contributed by atoms with Crippen molar-refractivity contribution in [3.8, 4) is 0 Å². The maximum Gasteiger partial charge on any atom is 0.281 e. The smallest absolute Gasteiger partial charge is 0.281 e. The number of nitrogens with zero attached hydrogens (tertiary/aromatic N) is 1. The molecule has 1 amide bonds. The van der Waals surface area contributed by atoms with Crippen molar-refractivity contribution in [1.82, 2.24) is 4.90 Å². The van der Waals surface area contributed by atoms with Gasteiger partial charge in [0.05, 0.1) is 0 Å². The highest BCUT2D eigenvalue weighted by molar-refractivity contribution is 8.14. The Hall–Kier alpha value is -0.440. The minimum Gasteiger partial charge on any atom is -0.340 e. The first-order valence-electron chi connectivity index (χ1n) is 3.99. The molecule has 12 heavy (non-hydrogen) atoms. The normalized spacial score (nSPS) is 15.0. The van der Waals surface area contributed by atoms with E-state index in [0.29, 0.717) is 0 Å². The largest absolute Gasteiger partial charge is 0.340 e. The zero-order valence-corrected chi connectivity index (χ0v) is 9.07. The van der Waals surface area contributed by atoms with Crippen LogP contribution >= 0.6 is 11.8 Å². The van der Waals surface area contributed by atoms with Crippen molar-refractivity contribution in [2.75, 3.05) is 14.1 Å². The van der Waals surface area contributed by atoms with E-state index in [0.717, 1.165) is 6.42 Å². The quantitative estimate of drug-likeness (QED) is 0.633. The summed E-state index contributed by atoms with van der Waals surface area (Å²) in [5, 5.41) is 0.0826. The Kier molecular flexibility index (Phi) is 4.39. The fourth-order valence-corrected chi connectivity index (χ4v) is 1.36. The number of hydrogen-bond acceptors (Lipinski definition) is 2. The summed E-state index contributed by atoms with van der Waals surface area (Å²) in [4.78, 5) is 12.9. The van der Waals surface area contributed by atoms with Crippen molar-refractivity contribution in [3.63, 3.8) is 0 Å². The van der Waals surface area contributed by atoms with Crippen molar-refractivity contribution in [3.05, 3.63) is 12.7 Å². The molecule has 0 fully saturated rings. The van der Waals surface area contributed by atoms with Gasteiger partial charge >= 0.3 is 0 Å². The number of rotatable bonds is 3. The van der Waals surface area contributed by atoms with Gasteiger partial charge in [0.2, 0.25) is 0 Å². The third kappa shape index (κ3) is 3.30. The molecule has 0 saturated carbocycles. The van der Waals surface area contributed by atoms with Gasteiger partial charge in [-0.2, -0.15) is 0 Å². The highest BCUT2D eigenvalue weighted by Gasteiger charge is 2.23. The number of carbonyl (C=O) groups is 1. The highest BCUT2D eigenvalue weighted by Crippen LogP contribution is 2.30. The Morgan fingerprint density at radius 2 is 2.17 bits per heavy atom. The van der Waals surface area contributed by atoms with Gasteiger partial charge in [0, 0.05) is 18.8 Å². The van der Waals surface area contributed by atoms with Gasteiger partial charge < -0.3 is 4.90 Å². The van der Waals surface area contributed by atoms with Crippen LogP contribution in [0.4, 0.5) is 4.79 Å². The number of carbonyl (C=O) groups excluding carboxylic acids is 1. The van der Waals surface area contributed by atoms with Crippen LogP contribution in [0.2, 0.25) is 0 Å². The second kappa shape index (κ2) is 4.55. The maximum atomic E-state index is 11.3. The molecule has 0 rings (SSSR count). The molecule has 0 aliphatic carbocycles.